The highest BCUT2D eigenvalue weighted by molar-refractivity contribution is 5.76. The Morgan fingerprint density at radius 2 is 2.17 bits per heavy atom. The van der Waals surface area contributed by atoms with Crippen LogP contribution in [0.25, 0.3) is 0 Å². The molecule has 1 aliphatic heterocycles. The average Bonchev–Trinajstić information content (AvgIpc) is 3.18. The fourth-order valence-electron chi connectivity index (χ4n) is 2.75. The molecule has 3 heterocycles. The highest BCUT2D eigenvalue weighted by atomic mass is 19.4. The van der Waals surface area contributed by atoms with Gasteiger partial charge in [0.25, 0.3) is 0 Å². The quantitative estimate of drug-likeness (QED) is 0.866. The summed E-state index contributed by atoms with van der Waals surface area (Å²) in [7, 11) is 0. The van der Waals surface area contributed by atoms with Crippen molar-refractivity contribution in [1.29, 1.82) is 0 Å². The molecule has 23 heavy (non-hydrogen) atoms. The predicted octanol–water partition coefficient (Wildman–Crippen LogP) is 1.96. The second-order valence-electron chi connectivity index (χ2n) is 5.54. The Labute approximate surface area is 130 Å². The maximum atomic E-state index is 12.5. The molecule has 0 N–H and O–H groups in total. The molecule has 0 aliphatic carbocycles. The first-order valence-corrected chi connectivity index (χ1v) is 7.29. The molecule has 2 aromatic rings. The number of halogens is 3. The van der Waals surface area contributed by atoms with Gasteiger partial charge < -0.3 is 9.47 Å². The minimum atomic E-state index is -4.49. The van der Waals surface area contributed by atoms with Crippen molar-refractivity contribution in [2.75, 3.05) is 13.1 Å². The molecule has 0 radical (unpaired) electrons. The average molecular weight is 327 g/mol. The first-order chi connectivity index (χ1) is 10.9. The Kier molecular flexibility index (Phi) is 4.10. The molecule has 1 fully saturated rings. The summed E-state index contributed by atoms with van der Waals surface area (Å²) < 4.78 is 40.6. The molecule has 3 rings (SSSR count). The molecule has 124 valence electrons. The van der Waals surface area contributed by atoms with E-state index in [0.29, 0.717) is 13.1 Å². The number of hydrogen-bond donors (Lipinski definition) is 0. The van der Waals surface area contributed by atoms with E-state index in [1.807, 2.05) is 10.8 Å². The Balaban J connectivity index is 1.63. The highest BCUT2D eigenvalue weighted by Gasteiger charge is 2.34. The van der Waals surface area contributed by atoms with E-state index in [4.69, 9.17) is 0 Å². The number of likely N-dealkylation sites (tertiary alicyclic amines) is 1. The second-order valence-corrected chi connectivity index (χ2v) is 5.54. The van der Waals surface area contributed by atoms with E-state index < -0.39 is 11.9 Å². The smallest absolute Gasteiger partial charge is 0.339 e. The number of carbonyl (C=O) groups excluding carboxylic acids is 1. The third-order valence-electron chi connectivity index (χ3n) is 3.92. The van der Waals surface area contributed by atoms with Gasteiger partial charge in [-0.1, -0.05) is 0 Å². The molecule has 1 aliphatic rings. The summed E-state index contributed by atoms with van der Waals surface area (Å²) in [5, 5.41) is 3.41. The van der Waals surface area contributed by atoms with Crippen LogP contribution in [0.2, 0.25) is 0 Å². The lowest BCUT2D eigenvalue weighted by atomic mass is 10.1. The maximum Gasteiger partial charge on any atom is 0.435 e. The van der Waals surface area contributed by atoms with Gasteiger partial charge in [-0.2, -0.15) is 18.3 Å². The van der Waals surface area contributed by atoms with E-state index in [1.165, 1.54) is 6.20 Å². The fraction of sp³-hybridized carbons (Fsp3) is 0.500. The number of nitrogens with zero attached hydrogens (tertiary/aromatic N) is 5. The summed E-state index contributed by atoms with van der Waals surface area (Å²) >= 11 is 0. The fourth-order valence-corrected chi connectivity index (χ4v) is 2.75. The van der Waals surface area contributed by atoms with Crippen molar-refractivity contribution in [3.63, 3.8) is 0 Å². The van der Waals surface area contributed by atoms with Crippen LogP contribution in [0.15, 0.2) is 31.0 Å². The zero-order chi connectivity index (χ0) is 16.4. The summed E-state index contributed by atoms with van der Waals surface area (Å²) in [5.41, 5.74) is -0.986. The summed E-state index contributed by atoms with van der Waals surface area (Å²) in [6, 6.07) is 1.02. The van der Waals surface area contributed by atoms with Gasteiger partial charge in [0.1, 0.15) is 6.54 Å². The molecular weight excluding hydrogens is 311 g/mol. The molecule has 1 atom stereocenters. The number of piperidine rings is 1. The van der Waals surface area contributed by atoms with Crippen LogP contribution in [0.1, 0.15) is 24.6 Å². The van der Waals surface area contributed by atoms with Crippen molar-refractivity contribution < 1.29 is 18.0 Å². The van der Waals surface area contributed by atoms with Crippen LogP contribution >= 0.6 is 0 Å². The standard InChI is InChI=1S/C14H16F3N5O/c15-14(16,17)12-3-6-22(19-12)9-13(23)20-5-1-2-11(8-20)21-7-4-18-10-21/h3-4,6-7,10-11H,1-2,5,8-9H2. The van der Waals surface area contributed by atoms with Crippen molar-refractivity contribution in [2.45, 2.75) is 31.6 Å². The summed E-state index contributed by atoms with van der Waals surface area (Å²) in [6.45, 7) is 0.951. The van der Waals surface area contributed by atoms with Gasteiger partial charge in [0.15, 0.2) is 5.69 Å². The highest BCUT2D eigenvalue weighted by Crippen LogP contribution is 2.27. The molecule has 9 heteroatoms. The lowest BCUT2D eigenvalue weighted by Crippen LogP contribution is -2.42. The number of alkyl halides is 3. The van der Waals surface area contributed by atoms with E-state index in [2.05, 4.69) is 10.1 Å². The zero-order valence-electron chi connectivity index (χ0n) is 12.3. The molecule has 0 bridgehead atoms. The van der Waals surface area contributed by atoms with Crippen molar-refractivity contribution in [3.8, 4) is 0 Å². The number of aromatic nitrogens is 4. The molecule has 0 spiro atoms. The molecule has 2 aromatic heterocycles. The van der Waals surface area contributed by atoms with Gasteiger partial charge >= 0.3 is 6.18 Å². The Morgan fingerprint density at radius 3 is 2.83 bits per heavy atom. The SMILES string of the molecule is O=C(Cn1ccc(C(F)(F)F)n1)N1CCCC(n2ccnc2)C1. The third kappa shape index (κ3) is 3.54. The van der Waals surface area contributed by atoms with Gasteiger partial charge in [-0.3, -0.25) is 9.48 Å². The van der Waals surface area contributed by atoms with Gasteiger partial charge in [0, 0.05) is 31.7 Å². The number of carbonyl (C=O) groups is 1. The normalized spacial score (nSPS) is 19.1. The summed E-state index contributed by atoms with van der Waals surface area (Å²) in [5.74, 6) is -0.230. The number of rotatable bonds is 3. The van der Waals surface area contributed by atoms with E-state index in [9.17, 15) is 18.0 Å². The minimum absolute atomic E-state index is 0.151. The van der Waals surface area contributed by atoms with Gasteiger partial charge in [0.2, 0.25) is 5.91 Å². The van der Waals surface area contributed by atoms with E-state index in [1.54, 1.807) is 17.4 Å². The van der Waals surface area contributed by atoms with Crippen molar-refractivity contribution >= 4 is 5.91 Å². The second kappa shape index (κ2) is 6.05. The lowest BCUT2D eigenvalue weighted by molar-refractivity contribution is -0.142. The Bertz CT molecular complexity index is 664. The van der Waals surface area contributed by atoms with Crippen LogP contribution in [-0.2, 0) is 17.5 Å². The van der Waals surface area contributed by atoms with Crippen LogP contribution < -0.4 is 0 Å². The topological polar surface area (TPSA) is 56.0 Å². The Morgan fingerprint density at radius 1 is 1.35 bits per heavy atom. The maximum absolute atomic E-state index is 12.5. The molecule has 0 saturated carbocycles. The first-order valence-electron chi connectivity index (χ1n) is 7.29. The van der Waals surface area contributed by atoms with E-state index in [0.717, 1.165) is 23.6 Å². The number of hydrogen-bond acceptors (Lipinski definition) is 3. The third-order valence-corrected chi connectivity index (χ3v) is 3.92. The molecule has 1 amide bonds. The zero-order valence-corrected chi connectivity index (χ0v) is 12.3. The van der Waals surface area contributed by atoms with Gasteiger partial charge in [-0.05, 0) is 18.9 Å². The van der Waals surface area contributed by atoms with Gasteiger partial charge in [0.05, 0.1) is 12.4 Å². The van der Waals surface area contributed by atoms with Crippen molar-refractivity contribution in [2.24, 2.45) is 0 Å². The van der Waals surface area contributed by atoms with Crippen molar-refractivity contribution in [3.05, 3.63) is 36.7 Å². The number of imidazole rings is 1. The monoisotopic (exact) mass is 327 g/mol. The van der Waals surface area contributed by atoms with Crippen LogP contribution in [0.4, 0.5) is 13.2 Å². The van der Waals surface area contributed by atoms with E-state index in [-0.39, 0.29) is 18.5 Å². The Hall–Kier alpha value is -2.32. The molecule has 1 saturated heterocycles. The van der Waals surface area contributed by atoms with Crippen LogP contribution in [0, 0.1) is 0 Å². The summed E-state index contributed by atoms with van der Waals surface area (Å²) in [4.78, 5) is 18.0. The lowest BCUT2D eigenvalue weighted by Gasteiger charge is -2.33. The summed E-state index contributed by atoms with van der Waals surface area (Å²) in [6.07, 6.45) is 3.72. The van der Waals surface area contributed by atoms with E-state index >= 15 is 0 Å². The van der Waals surface area contributed by atoms with Gasteiger partial charge in [-0.15, -0.1) is 0 Å². The van der Waals surface area contributed by atoms with Crippen LogP contribution in [0.5, 0.6) is 0 Å². The van der Waals surface area contributed by atoms with Crippen molar-refractivity contribution in [1.82, 2.24) is 24.2 Å². The minimum Gasteiger partial charge on any atom is -0.339 e. The van der Waals surface area contributed by atoms with Crippen LogP contribution in [-0.4, -0.2) is 43.2 Å². The molecular formula is C14H16F3N5O. The first kappa shape index (κ1) is 15.6. The van der Waals surface area contributed by atoms with Gasteiger partial charge in [-0.25, -0.2) is 4.98 Å². The molecule has 0 aromatic carbocycles. The molecule has 1 unspecified atom stereocenters. The largest absolute Gasteiger partial charge is 0.435 e. The van der Waals surface area contributed by atoms with Crippen LogP contribution in [0.3, 0.4) is 0 Å². The number of amides is 1. The molecule has 6 nitrogen and oxygen atoms in total. The predicted molar refractivity (Wildman–Crippen MR) is 74.3 cm³/mol.